The molecule has 0 radical (unpaired) electrons. The third kappa shape index (κ3) is 2.99. The Bertz CT molecular complexity index is 584. The van der Waals surface area contributed by atoms with Crippen LogP contribution >= 0.6 is 38.5 Å². The van der Waals surface area contributed by atoms with Crippen molar-refractivity contribution in [2.75, 3.05) is 19.7 Å². The highest BCUT2D eigenvalue weighted by atomic mass is 127. The molecule has 1 N–H and O–H groups in total. The molecule has 1 aliphatic heterocycles. The van der Waals surface area contributed by atoms with Crippen LogP contribution in [-0.4, -0.2) is 29.8 Å². The summed E-state index contributed by atoms with van der Waals surface area (Å²) in [4.78, 5) is 4.44. The number of morpholine rings is 1. The average molecular weight is 436 g/mol. The van der Waals surface area contributed by atoms with Gasteiger partial charge in [-0.25, -0.2) is 0 Å². The first kappa shape index (κ1) is 13.5. The molecule has 2 heterocycles. The molecule has 100 valence electrons. The van der Waals surface area contributed by atoms with Gasteiger partial charge < -0.3 is 14.6 Å². The molecule has 1 saturated heterocycles. The number of rotatable bonds is 2. The summed E-state index contributed by atoms with van der Waals surface area (Å²) in [6.45, 7) is 2.25. The lowest BCUT2D eigenvalue weighted by atomic mass is 10.2. The number of aromatic nitrogens is 2. The van der Waals surface area contributed by atoms with Gasteiger partial charge in [-0.05, 0) is 40.8 Å². The van der Waals surface area contributed by atoms with Gasteiger partial charge in [0.15, 0.2) is 0 Å². The number of nitrogens with one attached hydrogen (secondary N) is 1. The normalized spacial score (nSPS) is 19.6. The fourth-order valence-corrected chi connectivity index (χ4v) is 2.79. The first-order valence-electron chi connectivity index (χ1n) is 5.85. The fraction of sp³-hybridized carbons (Fsp3) is 0.333. The van der Waals surface area contributed by atoms with Gasteiger partial charge in [-0.1, -0.05) is 21.1 Å². The van der Waals surface area contributed by atoms with Crippen molar-refractivity contribution in [3.05, 3.63) is 32.1 Å². The third-order valence-electron chi connectivity index (χ3n) is 2.82. The van der Waals surface area contributed by atoms with E-state index in [1.807, 2.05) is 18.2 Å². The quantitative estimate of drug-likeness (QED) is 0.735. The molecule has 1 unspecified atom stereocenters. The Hall–Kier alpha value is -0.510. The highest BCUT2D eigenvalue weighted by Gasteiger charge is 2.22. The molecule has 2 aromatic rings. The van der Waals surface area contributed by atoms with Crippen molar-refractivity contribution in [2.24, 2.45) is 0 Å². The maximum absolute atomic E-state index is 5.61. The van der Waals surface area contributed by atoms with Crippen LogP contribution < -0.4 is 5.32 Å². The minimum atomic E-state index is -0.129. The van der Waals surface area contributed by atoms with Crippen molar-refractivity contribution in [3.8, 4) is 11.5 Å². The summed E-state index contributed by atoms with van der Waals surface area (Å²) in [6.07, 6.45) is -0.129. The van der Waals surface area contributed by atoms with Gasteiger partial charge in [0.25, 0.3) is 5.89 Å². The Balaban J connectivity index is 1.89. The summed E-state index contributed by atoms with van der Waals surface area (Å²) in [7, 11) is 0. The van der Waals surface area contributed by atoms with E-state index in [2.05, 4.69) is 54.0 Å². The molecule has 1 aromatic heterocycles. The van der Waals surface area contributed by atoms with Crippen LogP contribution in [0.3, 0.4) is 0 Å². The smallest absolute Gasteiger partial charge is 0.259 e. The Morgan fingerprint density at radius 2 is 2.32 bits per heavy atom. The van der Waals surface area contributed by atoms with Crippen molar-refractivity contribution in [2.45, 2.75) is 6.10 Å². The zero-order valence-corrected chi connectivity index (χ0v) is 13.6. The van der Waals surface area contributed by atoms with Gasteiger partial charge >= 0.3 is 0 Å². The third-order valence-corrected chi connectivity index (χ3v) is 4.25. The van der Waals surface area contributed by atoms with E-state index in [-0.39, 0.29) is 6.10 Å². The zero-order chi connectivity index (χ0) is 13.2. The predicted octanol–water partition coefficient (Wildman–Crippen LogP) is 2.76. The zero-order valence-electron chi connectivity index (χ0n) is 9.90. The maximum atomic E-state index is 5.61. The highest BCUT2D eigenvalue weighted by Crippen LogP contribution is 2.28. The summed E-state index contributed by atoms with van der Waals surface area (Å²) in [5, 5.41) is 7.26. The van der Waals surface area contributed by atoms with Gasteiger partial charge in [0, 0.05) is 21.1 Å². The number of halogens is 2. The maximum Gasteiger partial charge on any atom is 0.259 e. The summed E-state index contributed by atoms with van der Waals surface area (Å²) < 4.78 is 13.0. The molecule has 7 heteroatoms. The van der Waals surface area contributed by atoms with Gasteiger partial charge in [0.05, 0.1) is 12.2 Å². The molecule has 1 fully saturated rings. The monoisotopic (exact) mass is 435 g/mol. The molecule has 0 aliphatic carbocycles. The van der Waals surface area contributed by atoms with Crippen molar-refractivity contribution in [1.82, 2.24) is 15.5 Å². The van der Waals surface area contributed by atoms with E-state index in [4.69, 9.17) is 9.26 Å². The Morgan fingerprint density at radius 3 is 3.11 bits per heavy atom. The second-order valence-electron chi connectivity index (χ2n) is 4.15. The summed E-state index contributed by atoms with van der Waals surface area (Å²) >= 11 is 5.70. The molecule has 3 rings (SSSR count). The van der Waals surface area contributed by atoms with Crippen molar-refractivity contribution in [3.63, 3.8) is 0 Å². The van der Waals surface area contributed by atoms with E-state index in [1.54, 1.807) is 0 Å². The van der Waals surface area contributed by atoms with Crippen LogP contribution in [0.5, 0.6) is 0 Å². The second kappa shape index (κ2) is 5.86. The first-order valence-corrected chi connectivity index (χ1v) is 7.72. The van der Waals surface area contributed by atoms with Crippen LogP contribution in [-0.2, 0) is 4.74 Å². The summed E-state index contributed by atoms with van der Waals surface area (Å²) in [6, 6.07) is 5.96. The molecule has 19 heavy (non-hydrogen) atoms. The minimum absolute atomic E-state index is 0.129. The van der Waals surface area contributed by atoms with E-state index in [1.165, 1.54) is 0 Å². The molecule has 5 nitrogen and oxygen atoms in total. The molecular formula is C12H11BrIN3O2. The lowest BCUT2D eigenvalue weighted by Gasteiger charge is -2.20. The number of ether oxygens (including phenoxy) is 1. The predicted molar refractivity (Wildman–Crippen MR) is 81.7 cm³/mol. The molecule has 1 aromatic carbocycles. The molecule has 0 spiro atoms. The standard InChI is InChI=1S/C12H11BrIN3O2/c13-7-1-2-9(14)8(5-7)12-16-11(17-19-12)10-6-15-3-4-18-10/h1-2,5,10,15H,3-4,6H2. The largest absolute Gasteiger partial charge is 0.367 e. The molecular weight excluding hydrogens is 425 g/mol. The lowest BCUT2D eigenvalue weighted by Crippen LogP contribution is -2.33. The molecule has 0 bridgehead atoms. The molecule has 1 aliphatic rings. The average Bonchev–Trinajstić information content (AvgIpc) is 2.92. The first-order chi connectivity index (χ1) is 9.24. The molecule has 1 atom stereocenters. The van der Waals surface area contributed by atoms with Gasteiger partial charge in [0.2, 0.25) is 5.82 Å². The Morgan fingerprint density at radius 1 is 1.42 bits per heavy atom. The van der Waals surface area contributed by atoms with E-state index in [0.717, 1.165) is 20.2 Å². The van der Waals surface area contributed by atoms with Gasteiger partial charge in [0.1, 0.15) is 6.10 Å². The number of benzene rings is 1. The SMILES string of the molecule is Brc1ccc(I)c(-c2nc(C3CNCCO3)no2)c1. The fourth-order valence-electron chi connectivity index (χ4n) is 1.87. The Kier molecular flexibility index (Phi) is 4.15. The molecule has 0 amide bonds. The van der Waals surface area contributed by atoms with Crippen LogP contribution in [0.1, 0.15) is 11.9 Å². The van der Waals surface area contributed by atoms with Gasteiger partial charge in [-0.3, -0.25) is 0 Å². The van der Waals surface area contributed by atoms with Crippen molar-refractivity contribution < 1.29 is 9.26 Å². The van der Waals surface area contributed by atoms with E-state index >= 15 is 0 Å². The molecule has 0 saturated carbocycles. The van der Waals surface area contributed by atoms with Crippen LogP contribution in [0.25, 0.3) is 11.5 Å². The van der Waals surface area contributed by atoms with Crippen LogP contribution in [0, 0.1) is 3.57 Å². The second-order valence-corrected chi connectivity index (χ2v) is 6.22. The van der Waals surface area contributed by atoms with Crippen LogP contribution in [0.15, 0.2) is 27.2 Å². The lowest BCUT2D eigenvalue weighted by molar-refractivity contribution is 0.0208. The van der Waals surface area contributed by atoms with E-state index in [0.29, 0.717) is 24.9 Å². The summed E-state index contributed by atoms with van der Waals surface area (Å²) in [5.41, 5.74) is 0.928. The van der Waals surface area contributed by atoms with Crippen LogP contribution in [0.4, 0.5) is 0 Å². The Labute approximate surface area is 132 Å². The number of nitrogens with zero attached hydrogens (tertiary/aromatic N) is 2. The number of hydrogen-bond acceptors (Lipinski definition) is 5. The van der Waals surface area contributed by atoms with Crippen LogP contribution in [0.2, 0.25) is 0 Å². The number of hydrogen-bond donors (Lipinski definition) is 1. The van der Waals surface area contributed by atoms with Crippen molar-refractivity contribution in [1.29, 1.82) is 0 Å². The van der Waals surface area contributed by atoms with Crippen molar-refractivity contribution >= 4 is 38.5 Å². The van der Waals surface area contributed by atoms with E-state index in [9.17, 15) is 0 Å². The topological polar surface area (TPSA) is 60.2 Å². The summed E-state index contributed by atoms with van der Waals surface area (Å²) in [5.74, 6) is 1.12. The van der Waals surface area contributed by atoms with E-state index < -0.39 is 0 Å². The van der Waals surface area contributed by atoms with Gasteiger partial charge in [-0.15, -0.1) is 0 Å². The van der Waals surface area contributed by atoms with Gasteiger partial charge in [-0.2, -0.15) is 4.98 Å². The highest BCUT2D eigenvalue weighted by molar-refractivity contribution is 14.1. The minimum Gasteiger partial charge on any atom is -0.367 e.